The average molecular weight is 298 g/mol. The minimum absolute atomic E-state index is 0.0108. The monoisotopic (exact) mass is 298 g/mol. The van der Waals surface area contributed by atoms with Crippen molar-refractivity contribution in [3.63, 3.8) is 0 Å². The van der Waals surface area contributed by atoms with Crippen molar-refractivity contribution in [2.24, 2.45) is 17.4 Å². The quantitative estimate of drug-likeness (QED) is 0.521. The minimum atomic E-state index is -0.972. The zero-order chi connectivity index (χ0) is 16.0. The number of nitrogens with two attached hydrogens (primary N) is 2. The van der Waals surface area contributed by atoms with Crippen molar-refractivity contribution in [3.8, 4) is 0 Å². The Morgan fingerprint density at radius 3 is 2.19 bits per heavy atom. The molecule has 0 bridgehead atoms. The summed E-state index contributed by atoms with van der Waals surface area (Å²) in [6.07, 6.45) is 3.84. The number of hydrogen-bond acceptors (Lipinski definition) is 4. The number of carbonyl (C=O) groups excluding carboxylic acids is 3. The molecule has 1 atom stereocenters. The largest absolute Gasteiger partial charge is 0.368 e. The lowest BCUT2D eigenvalue weighted by Crippen LogP contribution is -2.60. The van der Waals surface area contributed by atoms with Crippen LogP contribution in [0.25, 0.3) is 0 Å². The molecule has 1 fully saturated rings. The molecular formula is C14H26N4O3. The third-order valence-corrected chi connectivity index (χ3v) is 4.00. The molecule has 0 aromatic rings. The molecule has 0 aromatic carbocycles. The highest BCUT2D eigenvalue weighted by molar-refractivity contribution is 5.93. The molecule has 1 rings (SSSR count). The Hall–Kier alpha value is -1.63. The van der Waals surface area contributed by atoms with Crippen molar-refractivity contribution in [1.82, 2.24) is 10.6 Å². The molecule has 0 saturated heterocycles. The first kappa shape index (κ1) is 17.4. The fourth-order valence-corrected chi connectivity index (χ4v) is 2.49. The van der Waals surface area contributed by atoms with Crippen molar-refractivity contribution in [1.29, 1.82) is 0 Å². The van der Waals surface area contributed by atoms with Crippen LogP contribution in [0.15, 0.2) is 0 Å². The highest BCUT2D eigenvalue weighted by atomic mass is 16.2. The zero-order valence-corrected chi connectivity index (χ0v) is 12.8. The van der Waals surface area contributed by atoms with E-state index in [-0.39, 0.29) is 18.4 Å². The van der Waals surface area contributed by atoms with E-state index in [1.807, 2.05) is 13.8 Å². The smallest absolute Gasteiger partial charge is 0.243 e. The van der Waals surface area contributed by atoms with Gasteiger partial charge in [0.2, 0.25) is 17.7 Å². The maximum atomic E-state index is 11.9. The van der Waals surface area contributed by atoms with Crippen molar-refractivity contribution < 1.29 is 14.4 Å². The summed E-state index contributed by atoms with van der Waals surface area (Å²) >= 11 is 0. The van der Waals surface area contributed by atoms with Gasteiger partial charge in [-0.25, -0.2) is 0 Å². The zero-order valence-electron chi connectivity index (χ0n) is 12.8. The lowest BCUT2D eigenvalue weighted by Gasteiger charge is -2.35. The first-order chi connectivity index (χ1) is 9.78. The fourth-order valence-electron chi connectivity index (χ4n) is 2.49. The molecule has 0 aromatic heterocycles. The molecule has 1 aliphatic rings. The number of primary amides is 1. The van der Waals surface area contributed by atoms with Gasteiger partial charge in [0.1, 0.15) is 5.54 Å². The van der Waals surface area contributed by atoms with Gasteiger partial charge < -0.3 is 22.1 Å². The Bertz CT molecular complexity index is 403. The van der Waals surface area contributed by atoms with Gasteiger partial charge in [-0.2, -0.15) is 0 Å². The second-order valence-corrected chi connectivity index (χ2v) is 6.04. The Morgan fingerprint density at radius 2 is 1.71 bits per heavy atom. The van der Waals surface area contributed by atoms with E-state index in [1.165, 1.54) is 0 Å². The van der Waals surface area contributed by atoms with E-state index in [1.54, 1.807) is 0 Å². The Morgan fingerprint density at radius 1 is 1.14 bits per heavy atom. The number of carbonyl (C=O) groups is 3. The van der Waals surface area contributed by atoms with Gasteiger partial charge in [-0.1, -0.05) is 33.1 Å². The van der Waals surface area contributed by atoms with Crippen LogP contribution in [0.5, 0.6) is 0 Å². The van der Waals surface area contributed by atoms with E-state index >= 15 is 0 Å². The van der Waals surface area contributed by atoms with Gasteiger partial charge in [-0.05, 0) is 18.8 Å². The molecule has 120 valence electrons. The summed E-state index contributed by atoms with van der Waals surface area (Å²) in [5, 5.41) is 5.17. The Kier molecular flexibility index (Phi) is 6.14. The van der Waals surface area contributed by atoms with Crippen LogP contribution in [-0.2, 0) is 14.4 Å². The van der Waals surface area contributed by atoms with Crippen molar-refractivity contribution in [2.45, 2.75) is 57.5 Å². The summed E-state index contributed by atoms with van der Waals surface area (Å²) in [6.45, 7) is 3.46. The lowest BCUT2D eigenvalue weighted by molar-refractivity contribution is -0.133. The topological polar surface area (TPSA) is 127 Å². The van der Waals surface area contributed by atoms with Gasteiger partial charge in [-0.3, -0.25) is 14.4 Å². The summed E-state index contributed by atoms with van der Waals surface area (Å²) in [5.41, 5.74) is 10.1. The van der Waals surface area contributed by atoms with E-state index in [0.717, 1.165) is 19.3 Å². The van der Waals surface area contributed by atoms with Crippen molar-refractivity contribution >= 4 is 17.7 Å². The van der Waals surface area contributed by atoms with Gasteiger partial charge in [0.05, 0.1) is 12.6 Å². The molecule has 7 nitrogen and oxygen atoms in total. The summed E-state index contributed by atoms with van der Waals surface area (Å²) in [7, 11) is 0. The molecular weight excluding hydrogens is 272 g/mol. The van der Waals surface area contributed by atoms with E-state index in [0.29, 0.717) is 12.8 Å². The molecule has 0 aliphatic heterocycles. The summed E-state index contributed by atoms with van der Waals surface area (Å²) in [5.74, 6) is -1.32. The van der Waals surface area contributed by atoms with Gasteiger partial charge in [0.25, 0.3) is 0 Å². The third-order valence-electron chi connectivity index (χ3n) is 4.00. The standard InChI is InChI=1S/C14H26N4O3/c1-9(2)11(15)12(20)17-8-10(19)18-14(13(16)21)6-4-3-5-7-14/h9,11H,3-8,15H2,1-2H3,(H2,16,21)(H,17,20)(H,18,19)/t11-/m0/s1. The molecule has 3 amide bonds. The number of amides is 3. The molecule has 0 heterocycles. The normalized spacial score (nSPS) is 18.9. The van der Waals surface area contributed by atoms with Crippen LogP contribution in [0.2, 0.25) is 0 Å². The molecule has 0 spiro atoms. The van der Waals surface area contributed by atoms with Crippen LogP contribution in [0, 0.1) is 5.92 Å². The lowest BCUT2D eigenvalue weighted by atomic mass is 9.81. The average Bonchev–Trinajstić information content (AvgIpc) is 2.44. The van der Waals surface area contributed by atoms with Crippen molar-refractivity contribution in [2.75, 3.05) is 6.54 Å². The van der Waals surface area contributed by atoms with Crippen LogP contribution in [0.4, 0.5) is 0 Å². The van der Waals surface area contributed by atoms with Crippen LogP contribution < -0.4 is 22.1 Å². The van der Waals surface area contributed by atoms with Crippen LogP contribution >= 0.6 is 0 Å². The fraction of sp³-hybridized carbons (Fsp3) is 0.786. The summed E-state index contributed by atoms with van der Waals surface area (Å²) in [6, 6.07) is -0.655. The Balaban J connectivity index is 2.52. The molecule has 21 heavy (non-hydrogen) atoms. The molecule has 6 N–H and O–H groups in total. The maximum absolute atomic E-state index is 11.9. The molecule has 7 heteroatoms. The second-order valence-electron chi connectivity index (χ2n) is 6.04. The van der Waals surface area contributed by atoms with E-state index < -0.39 is 23.4 Å². The number of nitrogens with one attached hydrogen (secondary N) is 2. The van der Waals surface area contributed by atoms with Gasteiger partial charge in [-0.15, -0.1) is 0 Å². The SMILES string of the molecule is CC(C)[C@H](N)C(=O)NCC(=O)NC1(C(N)=O)CCCCC1. The highest BCUT2D eigenvalue weighted by Crippen LogP contribution is 2.27. The van der Waals surface area contributed by atoms with E-state index in [4.69, 9.17) is 11.5 Å². The van der Waals surface area contributed by atoms with Crippen LogP contribution in [-0.4, -0.2) is 35.8 Å². The Labute approximate surface area is 125 Å². The molecule has 0 radical (unpaired) electrons. The third kappa shape index (κ3) is 4.70. The van der Waals surface area contributed by atoms with E-state index in [2.05, 4.69) is 10.6 Å². The number of hydrogen-bond donors (Lipinski definition) is 4. The van der Waals surface area contributed by atoms with Crippen LogP contribution in [0.1, 0.15) is 46.0 Å². The first-order valence-electron chi connectivity index (χ1n) is 7.43. The summed E-state index contributed by atoms with van der Waals surface area (Å²) in [4.78, 5) is 35.3. The minimum Gasteiger partial charge on any atom is -0.368 e. The van der Waals surface area contributed by atoms with Gasteiger partial charge in [0.15, 0.2) is 0 Å². The molecule has 1 aliphatic carbocycles. The van der Waals surface area contributed by atoms with Crippen LogP contribution in [0.3, 0.4) is 0 Å². The number of rotatable bonds is 6. The highest BCUT2D eigenvalue weighted by Gasteiger charge is 2.39. The van der Waals surface area contributed by atoms with Crippen molar-refractivity contribution in [3.05, 3.63) is 0 Å². The van der Waals surface area contributed by atoms with Gasteiger partial charge in [0, 0.05) is 0 Å². The molecule has 1 saturated carbocycles. The second kappa shape index (κ2) is 7.40. The van der Waals surface area contributed by atoms with E-state index in [9.17, 15) is 14.4 Å². The maximum Gasteiger partial charge on any atom is 0.243 e. The van der Waals surface area contributed by atoms with Gasteiger partial charge >= 0.3 is 0 Å². The first-order valence-corrected chi connectivity index (χ1v) is 7.43. The molecule has 0 unspecified atom stereocenters. The summed E-state index contributed by atoms with van der Waals surface area (Å²) < 4.78 is 0. The predicted octanol–water partition coefficient (Wildman–Crippen LogP) is -0.610. The predicted molar refractivity (Wildman–Crippen MR) is 79.0 cm³/mol.